The van der Waals surface area contributed by atoms with Crippen LogP contribution in [0.2, 0.25) is 0 Å². The van der Waals surface area contributed by atoms with Crippen LogP contribution < -0.4 is 10.0 Å². The van der Waals surface area contributed by atoms with Crippen molar-refractivity contribution in [2.75, 3.05) is 25.0 Å². The number of piperidine rings is 1. The van der Waals surface area contributed by atoms with Crippen LogP contribution in [0.15, 0.2) is 59.5 Å². The van der Waals surface area contributed by atoms with E-state index in [1.165, 1.54) is 31.2 Å². The molecule has 2 aromatic rings. The van der Waals surface area contributed by atoms with Crippen molar-refractivity contribution in [1.82, 2.24) is 9.62 Å². The molecule has 3 rings (SSSR count). The van der Waals surface area contributed by atoms with Crippen LogP contribution in [0.25, 0.3) is 0 Å². The van der Waals surface area contributed by atoms with E-state index in [1.54, 1.807) is 4.90 Å². The number of sulfonamides is 1. The van der Waals surface area contributed by atoms with Gasteiger partial charge in [0.25, 0.3) is 0 Å². The summed E-state index contributed by atoms with van der Waals surface area (Å²) in [7, 11) is -3.78. The van der Waals surface area contributed by atoms with Gasteiger partial charge in [0, 0.05) is 37.3 Å². The summed E-state index contributed by atoms with van der Waals surface area (Å²) in [6, 6.07) is 14.8. The fraction of sp³-hybridized carbons (Fsp3) is 0.348. The first-order chi connectivity index (χ1) is 15.3. The first-order valence-electron chi connectivity index (χ1n) is 10.5. The van der Waals surface area contributed by atoms with Crippen molar-refractivity contribution in [3.8, 4) is 0 Å². The summed E-state index contributed by atoms with van der Waals surface area (Å²) in [5.41, 5.74) is 1.14. The number of Topliss-reactive ketones (excluding diaryl/α,β-unsaturated/α-hetero) is 1. The van der Waals surface area contributed by atoms with Gasteiger partial charge in [-0.25, -0.2) is 13.1 Å². The molecule has 2 aromatic carbocycles. The van der Waals surface area contributed by atoms with Crippen LogP contribution in [0.5, 0.6) is 0 Å². The Morgan fingerprint density at radius 1 is 1.03 bits per heavy atom. The molecule has 1 atom stereocenters. The van der Waals surface area contributed by atoms with Gasteiger partial charge in [0.05, 0.1) is 10.8 Å². The Morgan fingerprint density at radius 2 is 1.72 bits per heavy atom. The van der Waals surface area contributed by atoms with Crippen molar-refractivity contribution >= 4 is 33.3 Å². The van der Waals surface area contributed by atoms with E-state index in [4.69, 9.17) is 0 Å². The average molecular weight is 458 g/mol. The number of nitrogens with one attached hydrogen (secondary N) is 2. The third-order valence-corrected chi connectivity index (χ3v) is 6.87. The lowest BCUT2D eigenvalue weighted by atomic mass is 9.96. The quantitative estimate of drug-likeness (QED) is 0.591. The van der Waals surface area contributed by atoms with Crippen molar-refractivity contribution in [3.63, 3.8) is 0 Å². The predicted molar refractivity (Wildman–Crippen MR) is 121 cm³/mol. The van der Waals surface area contributed by atoms with Gasteiger partial charge in [-0.3, -0.25) is 14.4 Å². The zero-order chi connectivity index (χ0) is 23.1. The van der Waals surface area contributed by atoms with E-state index in [0.717, 1.165) is 0 Å². The van der Waals surface area contributed by atoms with Crippen LogP contribution in [-0.4, -0.2) is 50.5 Å². The first-order valence-corrected chi connectivity index (χ1v) is 12.0. The molecule has 32 heavy (non-hydrogen) atoms. The summed E-state index contributed by atoms with van der Waals surface area (Å²) in [5.74, 6) is -0.769. The Kier molecular flexibility index (Phi) is 7.76. The molecule has 1 heterocycles. The van der Waals surface area contributed by atoms with Gasteiger partial charge in [-0.05, 0) is 44.0 Å². The molecule has 0 saturated carbocycles. The van der Waals surface area contributed by atoms with Gasteiger partial charge in [0.15, 0.2) is 5.78 Å². The van der Waals surface area contributed by atoms with Gasteiger partial charge in [0.2, 0.25) is 21.8 Å². The Morgan fingerprint density at radius 3 is 2.38 bits per heavy atom. The lowest BCUT2D eigenvalue weighted by Crippen LogP contribution is -2.44. The molecule has 1 unspecified atom stereocenters. The maximum Gasteiger partial charge on any atom is 0.240 e. The summed E-state index contributed by atoms with van der Waals surface area (Å²) in [6.07, 6.45) is 1.41. The minimum atomic E-state index is -3.78. The fourth-order valence-electron chi connectivity index (χ4n) is 3.59. The summed E-state index contributed by atoms with van der Waals surface area (Å²) in [4.78, 5) is 38.1. The number of carbonyl (C=O) groups excluding carboxylic acids is 3. The van der Waals surface area contributed by atoms with Gasteiger partial charge in [0.1, 0.15) is 0 Å². The number of carbonyl (C=O) groups is 3. The van der Waals surface area contributed by atoms with Crippen LogP contribution in [-0.2, 0) is 19.6 Å². The molecule has 0 bridgehead atoms. The molecule has 8 nitrogen and oxygen atoms in total. The number of amides is 2. The number of ketones is 1. The van der Waals surface area contributed by atoms with E-state index in [2.05, 4.69) is 10.0 Å². The summed E-state index contributed by atoms with van der Waals surface area (Å²) >= 11 is 0. The SMILES string of the molecule is CC(=O)c1ccc(S(=O)(=O)NCCC(=O)N2CCCC(C(=O)Nc3ccccc3)C2)cc1. The average Bonchev–Trinajstić information content (AvgIpc) is 2.79. The van der Waals surface area contributed by atoms with Crippen LogP contribution >= 0.6 is 0 Å². The molecule has 1 aliphatic rings. The number of hydrogen-bond donors (Lipinski definition) is 2. The lowest BCUT2D eigenvalue weighted by Gasteiger charge is -2.32. The largest absolute Gasteiger partial charge is 0.342 e. The molecule has 1 aliphatic heterocycles. The van der Waals surface area contributed by atoms with Crippen LogP contribution in [0, 0.1) is 5.92 Å². The van der Waals surface area contributed by atoms with Gasteiger partial charge in [-0.15, -0.1) is 0 Å². The molecule has 1 fully saturated rings. The lowest BCUT2D eigenvalue weighted by molar-refractivity contribution is -0.134. The number of para-hydroxylation sites is 1. The van der Waals surface area contributed by atoms with Gasteiger partial charge < -0.3 is 10.2 Å². The molecule has 0 spiro atoms. The van der Waals surface area contributed by atoms with Crippen molar-refractivity contribution < 1.29 is 22.8 Å². The molecule has 2 amide bonds. The molecular formula is C23H27N3O5S. The second-order valence-electron chi connectivity index (χ2n) is 7.76. The van der Waals surface area contributed by atoms with Crippen LogP contribution in [0.4, 0.5) is 5.69 Å². The van der Waals surface area contributed by atoms with E-state index in [0.29, 0.717) is 37.2 Å². The second kappa shape index (κ2) is 10.5. The van der Waals surface area contributed by atoms with E-state index in [-0.39, 0.29) is 41.4 Å². The second-order valence-corrected chi connectivity index (χ2v) is 9.53. The van der Waals surface area contributed by atoms with Crippen molar-refractivity contribution in [3.05, 3.63) is 60.2 Å². The summed E-state index contributed by atoms with van der Waals surface area (Å²) in [5, 5.41) is 2.87. The summed E-state index contributed by atoms with van der Waals surface area (Å²) in [6.45, 7) is 2.22. The van der Waals surface area contributed by atoms with E-state index in [1.807, 2.05) is 30.3 Å². The number of hydrogen-bond acceptors (Lipinski definition) is 5. The van der Waals surface area contributed by atoms with Crippen LogP contribution in [0.1, 0.15) is 36.5 Å². The Hall–Kier alpha value is -3.04. The number of rotatable bonds is 8. The third kappa shape index (κ3) is 6.24. The number of nitrogens with zero attached hydrogens (tertiary/aromatic N) is 1. The first kappa shape index (κ1) is 23.6. The zero-order valence-electron chi connectivity index (χ0n) is 17.9. The summed E-state index contributed by atoms with van der Waals surface area (Å²) < 4.78 is 27.2. The number of benzene rings is 2. The Balaban J connectivity index is 1.49. The van der Waals surface area contributed by atoms with Crippen molar-refractivity contribution in [2.45, 2.75) is 31.1 Å². The highest BCUT2D eigenvalue weighted by atomic mass is 32.2. The maximum absolute atomic E-state index is 12.6. The monoisotopic (exact) mass is 457 g/mol. The Bertz CT molecular complexity index is 1070. The molecule has 170 valence electrons. The number of anilines is 1. The highest BCUT2D eigenvalue weighted by Crippen LogP contribution is 2.19. The van der Waals surface area contributed by atoms with Gasteiger partial charge in [-0.2, -0.15) is 0 Å². The zero-order valence-corrected chi connectivity index (χ0v) is 18.7. The molecule has 1 saturated heterocycles. The molecule has 0 aromatic heterocycles. The highest BCUT2D eigenvalue weighted by Gasteiger charge is 2.28. The minimum absolute atomic E-state index is 0.00220. The molecule has 0 radical (unpaired) electrons. The van der Waals surface area contributed by atoms with E-state index >= 15 is 0 Å². The topological polar surface area (TPSA) is 113 Å². The molecule has 9 heteroatoms. The Labute approximate surface area is 188 Å². The normalized spacial score (nSPS) is 16.4. The third-order valence-electron chi connectivity index (χ3n) is 5.39. The van der Waals surface area contributed by atoms with E-state index in [9.17, 15) is 22.8 Å². The van der Waals surface area contributed by atoms with E-state index < -0.39 is 10.0 Å². The van der Waals surface area contributed by atoms with Crippen molar-refractivity contribution in [2.24, 2.45) is 5.92 Å². The minimum Gasteiger partial charge on any atom is -0.342 e. The fourth-order valence-corrected chi connectivity index (χ4v) is 4.62. The molecule has 0 aliphatic carbocycles. The molecule has 2 N–H and O–H groups in total. The standard InChI is InChI=1S/C23H27N3O5S/c1-17(27)18-9-11-21(12-10-18)32(30,31)24-14-13-22(28)26-15-5-6-19(16-26)23(29)25-20-7-3-2-4-8-20/h2-4,7-12,19,24H,5-6,13-16H2,1H3,(H,25,29). The van der Waals surface area contributed by atoms with Crippen molar-refractivity contribution in [1.29, 1.82) is 0 Å². The van der Waals surface area contributed by atoms with Gasteiger partial charge in [-0.1, -0.05) is 30.3 Å². The van der Waals surface area contributed by atoms with Crippen LogP contribution in [0.3, 0.4) is 0 Å². The maximum atomic E-state index is 12.6. The molecular weight excluding hydrogens is 430 g/mol. The smallest absolute Gasteiger partial charge is 0.240 e. The highest BCUT2D eigenvalue weighted by molar-refractivity contribution is 7.89. The number of likely N-dealkylation sites (tertiary alicyclic amines) is 1. The predicted octanol–water partition coefficient (Wildman–Crippen LogP) is 2.43. The van der Waals surface area contributed by atoms with Gasteiger partial charge >= 0.3 is 0 Å².